The van der Waals surface area contributed by atoms with Crippen LogP contribution in [0.2, 0.25) is 0 Å². The van der Waals surface area contributed by atoms with Gasteiger partial charge in [-0.3, -0.25) is 4.79 Å². The van der Waals surface area contributed by atoms with Crippen LogP contribution in [0, 0.1) is 13.8 Å². The molecule has 5 nitrogen and oxygen atoms in total. The standard InChI is InChI=1S/C13H14BrN3O2/c1-8-4-10(6-11(14)5-8)13(18)17(3)7-12-15-9(2)19-16-12/h4-6H,7H2,1-3H3. The van der Waals surface area contributed by atoms with Crippen LogP contribution in [0.3, 0.4) is 0 Å². The largest absolute Gasteiger partial charge is 0.340 e. The predicted molar refractivity (Wildman–Crippen MR) is 73.7 cm³/mol. The Kier molecular flexibility index (Phi) is 3.99. The van der Waals surface area contributed by atoms with Crippen LogP contribution < -0.4 is 0 Å². The molecule has 0 atom stereocenters. The molecule has 0 radical (unpaired) electrons. The van der Waals surface area contributed by atoms with Crippen molar-refractivity contribution in [1.82, 2.24) is 15.0 Å². The summed E-state index contributed by atoms with van der Waals surface area (Å²) in [6.45, 7) is 3.99. The van der Waals surface area contributed by atoms with Crippen molar-refractivity contribution in [2.45, 2.75) is 20.4 Å². The lowest BCUT2D eigenvalue weighted by Gasteiger charge is -2.15. The van der Waals surface area contributed by atoms with Gasteiger partial charge in [0, 0.05) is 24.0 Å². The number of aromatic nitrogens is 2. The molecule has 0 fully saturated rings. The molecule has 19 heavy (non-hydrogen) atoms. The fraction of sp³-hybridized carbons (Fsp3) is 0.308. The fourth-order valence-corrected chi connectivity index (χ4v) is 2.38. The van der Waals surface area contributed by atoms with Gasteiger partial charge in [0.2, 0.25) is 5.89 Å². The summed E-state index contributed by atoms with van der Waals surface area (Å²) in [5.74, 6) is 0.918. The highest BCUT2D eigenvalue weighted by Crippen LogP contribution is 2.17. The molecule has 0 N–H and O–H groups in total. The second-order valence-corrected chi connectivity index (χ2v) is 5.32. The van der Waals surface area contributed by atoms with Gasteiger partial charge in [-0.15, -0.1) is 0 Å². The molecule has 0 unspecified atom stereocenters. The number of carbonyl (C=O) groups is 1. The van der Waals surface area contributed by atoms with E-state index in [1.54, 1.807) is 24.9 Å². The van der Waals surface area contributed by atoms with Gasteiger partial charge in [-0.1, -0.05) is 21.1 Å². The molecule has 0 aliphatic heterocycles. The van der Waals surface area contributed by atoms with Crippen molar-refractivity contribution in [3.05, 3.63) is 45.5 Å². The number of rotatable bonds is 3. The van der Waals surface area contributed by atoms with E-state index in [0.717, 1.165) is 10.0 Å². The first-order chi connectivity index (χ1) is 8.95. The molecule has 0 aliphatic rings. The average Bonchev–Trinajstić information content (AvgIpc) is 2.72. The van der Waals surface area contributed by atoms with Gasteiger partial charge < -0.3 is 9.42 Å². The lowest BCUT2D eigenvalue weighted by atomic mass is 10.1. The third-order valence-electron chi connectivity index (χ3n) is 2.58. The number of halogens is 1. The average molecular weight is 324 g/mol. The van der Waals surface area contributed by atoms with Crippen LogP contribution >= 0.6 is 15.9 Å². The van der Waals surface area contributed by atoms with Crippen molar-refractivity contribution in [3.8, 4) is 0 Å². The minimum absolute atomic E-state index is 0.0770. The molecule has 1 amide bonds. The topological polar surface area (TPSA) is 59.2 Å². The molecule has 2 aromatic rings. The van der Waals surface area contributed by atoms with E-state index in [0.29, 0.717) is 23.8 Å². The Labute approximate surface area is 119 Å². The monoisotopic (exact) mass is 323 g/mol. The van der Waals surface area contributed by atoms with Crippen molar-refractivity contribution < 1.29 is 9.32 Å². The minimum atomic E-state index is -0.0770. The van der Waals surface area contributed by atoms with E-state index in [4.69, 9.17) is 4.52 Å². The summed E-state index contributed by atoms with van der Waals surface area (Å²) in [7, 11) is 1.71. The van der Waals surface area contributed by atoms with Crippen molar-refractivity contribution in [2.24, 2.45) is 0 Å². The van der Waals surface area contributed by atoms with E-state index < -0.39 is 0 Å². The Balaban J connectivity index is 2.14. The molecule has 1 aromatic carbocycles. The third-order valence-corrected chi connectivity index (χ3v) is 3.04. The molecule has 0 spiro atoms. The number of hydrogen-bond donors (Lipinski definition) is 0. The number of hydrogen-bond acceptors (Lipinski definition) is 4. The zero-order valence-electron chi connectivity index (χ0n) is 11.0. The Morgan fingerprint density at radius 3 is 2.68 bits per heavy atom. The summed E-state index contributed by atoms with van der Waals surface area (Å²) in [5, 5.41) is 3.78. The van der Waals surface area contributed by atoms with E-state index in [1.165, 1.54) is 0 Å². The van der Waals surface area contributed by atoms with Crippen molar-refractivity contribution in [3.63, 3.8) is 0 Å². The van der Waals surface area contributed by atoms with E-state index in [2.05, 4.69) is 26.1 Å². The zero-order chi connectivity index (χ0) is 14.0. The quantitative estimate of drug-likeness (QED) is 0.871. The first-order valence-corrected chi connectivity index (χ1v) is 6.57. The van der Waals surface area contributed by atoms with Crippen LogP contribution in [-0.4, -0.2) is 28.0 Å². The van der Waals surface area contributed by atoms with Crippen LogP contribution in [0.1, 0.15) is 27.6 Å². The smallest absolute Gasteiger partial charge is 0.254 e. The van der Waals surface area contributed by atoms with E-state index in [-0.39, 0.29) is 5.91 Å². The highest BCUT2D eigenvalue weighted by molar-refractivity contribution is 9.10. The van der Waals surface area contributed by atoms with Crippen molar-refractivity contribution >= 4 is 21.8 Å². The van der Waals surface area contributed by atoms with Gasteiger partial charge >= 0.3 is 0 Å². The van der Waals surface area contributed by atoms with Crippen LogP contribution in [0.4, 0.5) is 0 Å². The van der Waals surface area contributed by atoms with Gasteiger partial charge in [0.15, 0.2) is 5.82 Å². The molecule has 0 saturated heterocycles. The van der Waals surface area contributed by atoms with Gasteiger partial charge in [-0.05, 0) is 30.7 Å². The molecule has 1 aromatic heterocycles. The van der Waals surface area contributed by atoms with Gasteiger partial charge in [0.05, 0.1) is 6.54 Å². The third kappa shape index (κ3) is 3.41. The summed E-state index contributed by atoms with van der Waals surface area (Å²) in [5.41, 5.74) is 1.66. The second kappa shape index (κ2) is 5.52. The summed E-state index contributed by atoms with van der Waals surface area (Å²) >= 11 is 3.39. The lowest BCUT2D eigenvalue weighted by molar-refractivity contribution is 0.0780. The molecule has 0 aliphatic carbocycles. The summed E-state index contributed by atoms with van der Waals surface area (Å²) < 4.78 is 5.77. The predicted octanol–water partition coefficient (Wildman–Crippen LogP) is 2.72. The first-order valence-electron chi connectivity index (χ1n) is 5.77. The van der Waals surface area contributed by atoms with Crippen molar-refractivity contribution in [1.29, 1.82) is 0 Å². The van der Waals surface area contributed by atoms with Gasteiger partial charge in [-0.2, -0.15) is 4.98 Å². The molecular formula is C13H14BrN3O2. The number of amides is 1. The highest BCUT2D eigenvalue weighted by Gasteiger charge is 2.15. The maximum atomic E-state index is 12.3. The molecule has 1 heterocycles. The van der Waals surface area contributed by atoms with Gasteiger partial charge in [0.1, 0.15) is 0 Å². The fourth-order valence-electron chi connectivity index (χ4n) is 1.77. The van der Waals surface area contributed by atoms with Gasteiger partial charge in [-0.25, -0.2) is 0 Å². The number of carbonyl (C=O) groups excluding carboxylic acids is 1. The van der Waals surface area contributed by atoms with Crippen molar-refractivity contribution in [2.75, 3.05) is 7.05 Å². The molecular weight excluding hydrogens is 310 g/mol. The minimum Gasteiger partial charge on any atom is -0.340 e. The molecule has 6 heteroatoms. The summed E-state index contributed by atoms with van der Waals surface area (Å²) in [6, 6.07) is 5.61. The number of benzene rings is 1. The molecule has 0 bridgehead atoms. The van der Waals surface area contributed by atoms with Crippen LogP contribution in [-0.2, 0) is 6.54 Å². The first kappa shape index (κ1) is 13.7. The van der Waals surface area contributed by atoms with Gasteiger partial charge in [0.25, 0.3) is 5.91 Å². The highest BCUT2D eigenvalue weighted by atomic mass is 79.9. The maximum absolute atomic E-state index is 12.3. The Bertz CT molecular complexity index is 589. The Morgan fingerprint density at radius 1 is 1.37 bits per heavy atom. The summed E-state index contributed by atoms with van der Waals surface area (Å²) in [6.07, 6.45) is 0. The summed E-state index contributed by atoms with van der Waals surface area (Å²) in [4.78, 5) is 17.9. The molecule has 2 rings (SSSR count). The Hall–Kier alpha value is -1.69. The van der Waals surface area contributed by atoms with E-state index in [9.17, 15) is 4.79 Å². The zero-order valence-corrected chi connectivity index (χ0v) is 12.6. The molecule has 0 saturated carbocycles. The number of aryl methyl sites for hydroxylation is 2. The number of nitrogens with zero attached hydrogens (tertiary/aromatic N) is 3. The second-order valence-electron chi connectivity index (χ2n) is 4.41. The maximum Gasteiger partial charge on any atom is 0.254 e. The van der Waals surface area contributed by atoms with E-state index >= 15 is 0 Å². The van der Waals surface area contributed by atoms with Crippen LogP contribution in [0.15, 0.2) is 27.2 Å². The normalized spacial score (nSPS) is 10.5. The lowest BCUT2D eigenvalue weighted by Crippen LogP contribution is -2.26. The van der Waals surface area contributed by atoms with E-state index in [1.807, 2.05) is 19.1 Å². The Morgan fingerprint density at radius 2 is 2.11 bits per heavy atom. The van der Waals surface area contributed by atoms with Crippen LogP contribution in [0.25, 0.3) is 0 Å². The SMILES string of the molecule is Cc1cc(Br)cc(C(=O)N(C)Cc2noc(C)n2)c1. The molecule has 100 valence electrons. The van der Waals surface area contributed by atoms with Crippen LogP contribution in [0.5, 0.6) is 0 Å².